The fourth-order valence-corrected chi connectivity index (χ4v) is 2.23. The van der Waals surface area contributed by atoms with Gasteiger partial charge in [-0.05, 0) is 12.2 Å². The Morgan fingerprint density at radius 3 is 2.70 bits per heavy atom. The topological polar surface area (TPSA) is 17.1 Å². The summed E-state index contributed by atoms with van der Waals surface area (Å²) in [6.07, 6.45) is 0.236. The number of hydrogen-bond acceptors (Lipinski definition) is 2. The fourth-order valence-electron chi connectivity index (χ4n) is 0.934. The van der Waals surface area contributed by atoms with Crippen LogP contribution in [0.1, 0.15) is 6.42 Å². The van der Waals surface area contributed by atoms with Crippen molar-refractivity contribution < 1.29 is 13.6 Å². The molecule has 0 bridgehead atoms. The number of alkyl halides is 2. The molecule has 0 N–H and O–H groups in total. The molecule has 0 aromatic rings. The second kappa shape index (κ2) is 2.86. The summed E-state index contributed by atoms with van der Waals surface area (Å²) in [6, 6.07) is 0. The average Bonchev–Trinajstić information content (AvgIpc) is 2.38. The lowest BCUT2D eigenvalue weighted by molar-refractivity contribution is -0.135. The van der Waals surface area contributed by atoms with Crippen molar-refractivity contribution in [1.82, 2.24) is 0 Å². The molecule has 1 heterocycles. The molecule has 1 saturated heterocycles. The van der Waals surface area contributed by atoms with Crippen molar-refractivity contribution >= 4 is 18.0 Å². The molecule has 1 rings (SSSR count). The number of hydrogen-bond donors (Lipinski definition) is 0. The van der Waals surface area contributed by atoms with Crippen molar-refractivity contribution in [2.75, 3.05) is 11.5 Å². The van der Waals surface area contributed by atoms with Gasteiger partial charge in [-0.2, -0.15) is 20.5 Å². The van der Waals surface area contributed by atoms with Crippen LogP contribution in [-0.4, -0.2) is 23.7 Å². The zero-order valence-electron chi connectivity index (χ0n) is 5.35. The molecule has 0 saturated carbocycles. The van der Waals surface area contributed by atoms with Crippen LogP contribution < -0.4 is 0 Å². The molecular weight excluding hydrogens is 158 g/mol. The standard InChI is InChI=1S/C6H8F2OS/c7-6(8,4-9)5-1-2-10-3-5/h4-5H,1-3H2. The van der Waals surface area contributed by atoms with Crippen LogP contribution in [0.15, 0.2) is 0 Å². The Hall–Kier alpha value is -0.120. The highest BCUT2D eigenvalue weighted by Crippen LogP contribution is 2.34. The Bertz CT molecular complexity index is 132. The minimum atomic E-state index is -3.08. The van der Waals surface area contributed by atoms with E-state index in [0.29, 0.717) is 12.2 Å². The van der Waals surface area contributed by atoms with Crippen LogP contribution in [0.5, 0.6) is 0 Å². The van der Waals surface area contributed by atoms with E-state index < -0.39 is 11.8 Å². The molecule has 1 aliphatic heterocycles. The van der Waals surface area contributed by atoms with Crippen molar-refractivity contribution in [2.24, 2.45) is 5.92 Å². The highest BCUT2D eigenvalue weighted by atomic mass is 32.2. The minimum absolute atomic E-state index is 0.233. The average molecular weight is 166 g/mol. The first kappa shape index (κ1) is 7.98. The molecule has 1 unspecified atom stereocenters. The SMILES string of the molecule is O=CC(F)(F)C1CCSC1. The van der Waals surface area contributed by atoms with Crippen LogP contribution >= 0.6 is 11.8 Å². The van der Waals surface area contributed by atoms with Gasteiger partial charge in [-0.15, -0.1) is 0 Å². The molecule has 0 aromatic heterocycles. The molecule has 0 aliphatic carbocycles. The van der Waals surface area contributed by atoms with Crippen molar-refractivity contribution in [3.63, 3.8) is 0 Å². The summed E-state index contributed by atoms with van der Waals surface area (Å²) < 4.78 is 25.0. The van der Waals surface area contributed by atoms with Gasteiger partial charge in [0.25, 0.3) is 0 Å². The Morgan fingerprint density at radius 1 is 1.60 bits per heavy atom. The van der Waals surface area contributed by atoms with Gasteiger partial charge in [-0.3, -0.25) is 4.79 Å². The minimum Gasteiger partial charge on any atom is -0.297 e. The molecule has 0 aromatic carbocycles. The van der Waals surface area contributed by atoms with Crippen LogP contribution in [0.3, 0.4) is 0 Å². The molecule has 0 radical (unpaired) electrons. The van der Waals surface area contributed by atoms with Gasteiger partial charge in [-0.1, -0.05) is 0 Å². The van der Waals surface area contributed by atoms with Gasteiger partial charge in [0.1, 0.15) is 0 Å². The number of halogens is 2. The van der Waals surface area contributed by atoms with E-state index in [1.807, 2.05) is 0 Å². The van der Waals surface area contributed by atoms with Gasteiger partial charge in [-0.25, -0.2) is 0 Å². The van der Waals surface area contributed by atoms with Gasteiger partial charge in [0.05, 0.1) is 0 Å². The molecule has 0 amide bonds. The van der Waals surface area contributed by atoms with Crippen LogP contribution in [0.4, 0.5) is 8.78 Å². The molecule has 1 fully saturated rings. The van der Waals surface area contributed by atoms with E-state index in [2.05, 4.69) is 0 Å². The highest BCUT2D eigenvalue weighted by Gasteiger charge is 2.40. The summed E-state index contributed by atoms with van der Waals surface area (Å²) in [4.78, 5) is 9.85. The Kier molecular flexibility index (Phi) is 2.28. The summed E-state index contributed by atoms with van der Waals surface area (Å²) >= 11 is 1.49. The maximum absolute atomic E-state index is 12.5. The number of carbonyl (C=O) groups excluding carboxylic acids is 1. The van der Waals surface area contributed by atoms with Crippen LogP contribution in [-0.2, 0) is 4.79 Å². The quantitative estimate of drug-likeness (QED) is 0.579. The summed E-state index contributed by atoms with van der Waals surface area (Å²) in [5.41, 5.74) is 0. The van der Waals surface area contributed by atoms with Gasteiger partial charge >= 0.3 is 5.92 Å². The van der Waals surface area contributed by atoms with E-state index in [-0.39, 0.29) is 6.29 Å². The Morgan fingerprint density at radius 2 is 2.30 bits per heavy atom. The zero-order chi connectivity index (χ0) is 7.61. The first-order chi connectivity index (χ1) is 4.67. The molecule has 4 heteroatoms. The summed E-state index contributed by atoms with van der Waals surface area (Å²) in [5, 5.41) is 0. The number of rotatable bonds is 2. The lowest BCUT2D eigenvalue weighted by Gasteiger charge is -2.14. The van der Waals surface area contributed by atoms with E-state index in [1.165, 1.54) is 11.8 Å². The number of carbonyl (C=O) groups is 1. The third-order valence-corrected chi connectivity index (χ3v) is 2.79. The predicted octanol–water partition coefficient (Wildman–Crippen LogP) is 1.57. The molecule has 58 valence electrons. The van der Waals surface area contributed by atoms with Gasteiger partial charge in [0, 0.05) is 11.7 Å². The van der Waals surface area contributed by atoms with Crippen LogP contribution in [0.25, 0.3) is 0 Å². The van der Waals surface area contributed by atoms with E-state index >= 15 is 0 Å². The van der Waals surface area contributed by atoms with E-state index in [9.17, 15) is 13.6 Å². The normalized spacial score (nSPS) is 26.8. The van der Waals surface area contributed by atoms with E-state index in [0.717, 1.165) is 5.75 Å². The summed E-state index contributed by atoms with van der Waals surface area (Å²) in [7, 11) is 0. The Labute approximate surface area is 62.2 Å². The molecule has 10 heavy (non-hydrogen) atoms. The molecule has 0 spiro atoms. The van der Waals surface area contributed by atoms with Crippen molar-refractivity contribution in [3.05, 3.63) is 0 Å². The lowest BCUT2D eigenvalue weighted by atomic mass is 10.0. The molecular formula is C6H8F2OS. The van der Waals surface area contributed by atoms with E-state index in [4.69, 9.17) is 0 Å². The highest BCUT2D eigenvalue weighted by molar-refractivity contribution is 7.99. The van der Waals surface area contributed by atoms with E-state index in [1.54, 1.807) is 0 Å². The monoisotopic (exact) mass is 166 g/mol. The number of aldehydes is 1. The van der Waals surface area contributed by atoms with Gasteiger partial charge < -0.3 is 0 Å². The fraction of sp³-hybridized carbons (Fsp3) is 0.833. The molecule has 1 atom stereocenters. The third-order valence-electron chi connectivity index (χ3n) is 1.63. The second-order valence-electron chi connectivity index (χ2n) is 2.35. The largest absolute Gasteiger partial charge is 0.305 e. The van der Waals surface area contributed by atoms with Crippen LogP contribution in [0, 0.1) is 5.92 Å². The zero-order valence-corrected chi connectivity index (χ0v) is 6.16. The maximum atomic E-state index is 12.5. The lowest BCUT2D eigenvalue weighted by Crippen LogP contribution is -2.29. The van der Waals surface area contributed by atoms with Crippen molar-refractivity contribution in [3.8, 4) is 0 Å². The first-order valence-corrected chi connectivity index (χ1v) is 4.24. The smallest absolute Gasteiger partial charge is 0.297 e. The number of thioether (sulfide) groups is 1. The van der Waals surface area contributed by atoms with Crippen molar-refractivity contribution in [2.45, 2.75) is 12.3 Å². The summed E-state index contributed by atoms with van der Waals surface area (Å²) in [6.45, 7) is 0. The first-order valence-electron chi connectivity index (χ1n) is 3.08. The maximum Gasteiger partial charge on any atom is 0.305 e. The van der Waals surface area contributed by atoms with Gasteiger partial charge in [0.2, 0.25) is 0 Å². The van der Waals surface area contributed by atoms with Gasteiger partial charge in [0.15, 0.2) is 6.29 Å². The predicted molar refractivity (Wildman–Crippen MR) is 36.4 cm³/mol. The van der Waals surface area contributed by atoms with Crippen molar-refractivity contribution in [1.29, 1.82) is 0 Å². The molecule has 1 nitrogen and oxygen atoms in total. The Balaban J connectivity index is 2.53. The third kappa shape index (κ3) is 1.48. The van der Waals surface area contributed by atoms with Crippen LogP contribution in [0.2, 0.25) is 0 Å². The second-order valence-corrected chi connectivity index (χ2v) is 3.50. The molecule has 1 aliphatic rings. The summed E-state index contributed by atoms with van der Waals surface area (Å²) in [5.74, 6) is -2.61.